The van der Waals surface area contributed by atoms with Crippen molar-refractivity contribution in [2.75, 3.05) is 5.84 Å². The Morgan fingerprint density at radius 3 is 2.46 bits per heavy atom. The minimum absolute atomic E-state index is 0.0764. The molecule has 24 heavy (non-hydrogen) atoms. The first kappa shape index (κ1) is 14.9. The van der Waals surface area contributed by atoms with Gasteiger partial charge < -0.3 is 10.4 Å². The molecule has 6 nitrogen and oxygen atoms in total. The monoisotopic (exact) mass is 324 g/mol. The minimum Gasteiger partial charge on any atom is -0.336 e. The zero-order valence-corrected chi connectivity index (χ0v) is 13.6. The van der Waals surface area contributed by atoms with E-state index in [0.29, 0.717) is 27.7 Å². The van der Waals surface area contributed by atoms with Crippen LogP contribution in [-0.2, 0) is 0 Å². The smallest absolute Gasteiger partial charge is 0.278 e. The molecular weight excluding hydrogens is 304 g/mol. The maximum atomic E-state index is 13.0. The van der Waals surface area contributed by atoms with Gasteiger partial charge in [-0.1, -0.05) is 19.8 Å². The van der Waals surface area contributed by atoms with E-state index in [1.54, 1.807) is 12.1 Å². The van der Waals surface area contributed by atoms with Crippen molar-refractivity contribution in [3.8, 4) is 0 Å². The molecular formula is C18H20N4O2. The summed E-state index contributed by atoms with van der Waals surface area (Å²) in [6.07, 6.45) is 7.86. The van der Waals surface area contributed by atoms with Gasteiger partial charge >= 0.3 is 0 Å². The van der Waals surface area contributed by atoms with E-state index in [4.69, 9.17) is 5.84 Å². The average molecular weight is 324 g/mol. The van der Waals surface area contributed by atoms with E-state index in [2.05, 4.69) is 11.9 Å². The summed E-state index contributed by atoms with van der Waals surface area (Å²) in [5, 5.41) is 0.852. The molecule has 1 aliphatic rings. The Morgan fingerprint density at radius 1 is 1.04 bits per heavy atom. The van der Waals surface area contributed by atoms with Crippen LogP contribution in [0.1, 0.15) is 38.6 Å². The molecule has 2 atom stereocenters. The molecule has 1 saturated carbocycles. The van der Waals surface area contributed by atoms with E-state index in [0.717, 1.165) is 23.9 Å². The van der Waals surface area contributed by atoms with Gasteiger partial charge in [0.25, 0.3) is 11.1 Å². The molecule has 3 aromatic rings. The van der Waals surface area contributed by atoms with Crippen LogP contribution < -0.4 is 17.0 Å². The molecule has 0 radical (unpaired) electrons. The number of pyridine rings is 3. The first-order valence-electron chi connectivity index (χ1n) is 8.38. The Balaban J connectivity index is 1.98. The summed E-state index contributed by atoms with van der Waals surface area (Å²) in [6, 6.07) is 5.40. The average Bonchev–Trinajstić information content (AvgIpc) is 2.59. The Kier molecular flexibility index (Phi) is 3.40. The first-order chi connectivity index (χ1) is 11.6. The summed E-state index contributed by atoms with van der Waals surface area (Å²) >= 11 is 0. The highest BCUT2D eigenvalue weighted by molar-refractivity contribution is 5.91. The van der Waals surface area contributed by atoms with Crippen LogP contribution in [0.2, 0.25) is 0 Å². The number of nitrogens with two attached hydrogens (primary N) is 1. The molecule has 0 spiro atoms. The van der Waals surface area contributed by atoms with Gasteiger partial charge in [0.15, 0.2) is 0 Å². The lowest BCUT2D eigenvalue weighted by Crippen LogP contribution is -2.30. The van der Waals surface area contributed by atoms with Crippen LogP contribution in [0, 0.1) is 5.92 Å². The lowest BCUT2D eigenvalue weighted by atomic mass is 9.85. The zero-order chi connectivity index (χ0) is 16.8. The molecule has 1 aliphatic carbocycles. The van der Waals surface area contributed by atoms with E-state index in [9.17, 15) is 9.59 Å². The molecule has 124 valence electrons. The van der Waals surface area contributed by atoms with Crippen LogP contribution in [0.4, 0.5) is 0 Å². The highest BCUT2D eigenvalue weighted by atomic mass is 16.1. The SMILES string of the molecule is C[C@H]1CCCC[C@H]1n1ccc2nc3ccn(N)c(=O)c3cc2c1=O. The lowest BCUT2D eigenvalue weighted by Gasteiger charge is -2.30. The molecule has 1 fully saturated rings. The largest absolute Gasteiger partial charge is 0.336 e. The van der Waals surface area contributed by atoms with Gasteiger partial charge in [-0.15, -0.1) is 0 Å². The molecule has 0 aromatic carbocycles. The van der Waals surface area contributed by atoms with E-state index in [-0.39, 0.29) is 17.2 Å². The molecule has 6 heteroatoms. The summed E-state index contributed by atoms with van der Waals surface area (Å²) in [4.78, 5) is 29.7. The van der Waals surface area contributed by atoms with Gasteiger partial charge in [-0.25, -0.2) is 9.66 Å². The van der Waals surface area contributed by atoms with E-state index in [1.807, 2.05) is 16.8 Å². The predicted molar refractivity (Wildman–Crippen MR) is 94.6 cm³/mol. The predicted octanol–water partition coefficient (Wildman–Crippen LogP) is 2.18. The second-order valence-electron chi connectivity index (χ2n) is 6.74. The van der Waals surface area contributed by atoms with Crippen molar-refractivity contribution in [1.29, 1.82) is 0 Å². The fraction of sp³-hybridized carbons (Fsp3) is 0.389. The minimum atomic E-state index is -0.345. The third-order valence-corrected chi connectivity index (χ3v) is 5.22. The van der Waals surface area contributed by atoms with Crippen LogP contribution in [0.3, 0.4) is 0 Å². The Labute approximate surface area is 138 Å². The summed E-state index contributed by atoms with van der Waals surface area (Å²) in [5.41, 5.74) is 0.744. The van der Waals surface area contributed by atoms with Crippen molar-refractivity contribution in [3.05, 3.63) is 51.3 Å². The van der Waals surface area contributed by atoms with E-state index >= 15 is 0 Å². The van der Waals surface area contributed by atoms with Gasteiger partial charge in [0.05, 0.1) is 21.8 Å². The normalized spacial score (nSPS) is 21.4. The quantitative estimate of drug-likeness (QED) is 0.549. The standard InChI is InChI=1S/C18H20N4O2/c1-11-4-2-3-5-16(11)21-8-6-14-12(17(21)23)10-13-15(20-14)7-9-22(19)18(13)24/h6-11,16H,2-5,19H2,1H3/t11-,16+/m0/s1. The number of aromatic nitrogens is 3. The van der Waals surface area contributed by atoms with Crippen molar-refractivity contribution in [3.63, 3.8) is 0 Å². The Bertz CT molecular complexity index is 1050. The number of nitrogen functional groups attached to an aromatic ring is 1. The van der Waals surface area contributed by atoms with Crippen LogP contribution >= 0.6 is 0 Å². The van der Waals surface area contributed by atoms with Crippen molar-refractivity contribution in [2.45, 2.75) is 38.6 Å². The van der Waals surface area contributed by atoms with Crippen LogP contribution in [0.5, 0.6) is 0 Å². The molecule has 0 saturated heterocycles. The number of hydrogen-bond donors (Lipinski definition) is 1. The maximum Gasteiger partial charge on any atom is 0.278 e. The molecule has 0 amide bonds. The molecule has 3 heterocycles. The number of fused-ring (bicyclic) bond motifs is 2. The van der Waals surface area contributed by atoms with E-state index in [1.165, 1.54) is 12.6 Å². The van der Waals surface area contributed by atoms with Crippen LogP contribution in [-0.4, -0.2) is 14.2 Å². The topological polar surface area (TPSA) is 82.9 Å². The fourth-order valence-corrected chi connectivity index (χ4v) is 3.83. The molecule has 0 unspecified atom stereocenters. The Morgan fingerprint density at radius 2 is 1.71 bits per heavy atom. The van der Waals surface area contributed by atoms with Gasteiger partial charge in [0.1, 0.15) is 0 Å². The molecule has 2 N–H and O–H groups in total. The maximum absolute atomic E-state index is 13.0. The summed E-state index contributed by atoms with van der Waals surface area (Å²) in [7, 11) is 0. The van der Waals surface area contributed by atoms with Gasteiger partial charge in [0.2, 0.25) is 0 Å². The van der Waals surface area contributed by atoms with Crippen molar-refractivity contribution >= 4 is 21.8 Å². The zero-order valence-electron chi connectivity index (χ0n) is 13.6. The van der Waals surface area contributed by atoms with E-state index < -0.39 is 0 Å². The second kappa shape index (κ2) is 5.47. The summed E-state index contributed by atoms with van der Waals surface area (Å²) in [5.74, 6) is 6.10. The Hall–Kier alpha value is -2.63. The highest BCUT2D eigenvalue weighted by Crippen LogP contribution is 2.32. The van der Waals surface area contributed by atoms with Crippen LogP contribution in [0.25, 0.3) is 21.8 Å². The molecule has 3 aromatic heterocycles. The highest BCUT2D eigenvalue weighted by Gasteiger charge is 2.24. The third kappa shape index (κ3) is 2.21. The van der Waals surface area contributed by atoms with Gasteiger partial charge in [-0.2, -0.15) is 0 Å². The molecule has 0 bridgehead atoms. The summed E-state index contributed by atoms with van der Waals surface area (Å²) < 4.78 is 2.84. The third-order valence-electron chi connectivity index (χ3n) is 5.22. The van der Waals surface area contributed by atoms with Crippen molar-refractivity contribution in [2.24, 2.45) is 5.92 Å². The fourth-order valence-electron chi connectivity index (χ4n) is 3.83. The van der Waals surface area contributed by atoms with Gasteiger partial charge in [-0.05, 0) is 37.0 Å². The molecule has 4 rings (SSSR count). The van der Waals surface area contributed by atoms with Crippen molar-refractivity contribution in [1.82, 2.24) is 14.2 Å². The van der Waals surface area contributed by atoms with Gasteiger partial charge in [-0.3, -0.25) is 9.59 Å². The molecule has 0 aliphatic heterocycles. The van der Waals surface area contributed by atoms with Crippen molar-refractivity contribution < 1.29 is 0 Å². The first-order valence-corrected chi connectivity index (χ1v) is 8.38. The summed E-state index contributed by atoms with van der Waals surface area (Å²) in [6.45, 7) is 2.20. The number of rotatable bonds is 1. The lowest BCUT2D eigenvalue weighted by molar-refractivity contribution is 0.253. The van der Waals surface area contributed by atoms with Gasteiger partial charge in [0, 0.05) is 18.4 Å². The van der Waals surface area contributed by atoms with Crippen LogP contribution in [0.15, 0.2) is 40.2 Å². The number of hydrogen-bond acceptors (Lipinski definition) is 4. The second-order valence-corrected chi connectivity index (χ2v) is 6.74. The number of nitrogens with zero attached hydrogens (tertiary/aromatic N) is 3.